The van der Waals surface area contributed by atoms with Gasteiger partial charge in [-0.05, 0) is 55.3 Å². The van der Waals surface area contributed by atoms with Gasteiger partial charge in [-0.2, -0.15) is 0 Å². The highest BCUT2D eigenvalue weighted by Gasteiger charge is 2.39. The third-order valence-corrected chi connectivity index (χ3v) is 4.33. The van der Waals surface area contributed by atoms with Gasteiger partial charge in [0.2, 0.25) is 0 Å². The number of carbonyl (C=O) groups excluding carboxylic acids is 2. The lowest BCUT2D eigenvalue weighted by molar-refractivity contribution is -0.120. The topological polar surface area (TPSA) is 49.4 Å². The highest BCUT2D eigenvalue weighted by Crippen LogP contribution is 2.31. The molecule has 0 fully saturated rings. The second-order valence-corrected chi connectivity index (χ2v) is 5.86. The smallest absolute Gasteiger partial charge is 0.283 e. The van der Waals surface area contributed by atoms with Crippen LogP contribution >= 0.6 is 11.6 Å². The fraction of sp³-hybridized carbons (Fsp3) is 0.111. The number of hydrogen-bond acceptors (Lipinski definition) is 3. The van der Waals surface area contributed by atoms with Crippen molar-refractivity contribution < 1.29 is 14.0 Å². The largest absolute Gasteiger partial charge is 0.349 e. The zero-order valence-corrected chi connectivity index (χ0v) is 13.8. The van der Waals surface area contributed by atoms with E-state index in [2.05, 4.69) is 5.32 Å². The summed E-state index contributed by atoms with van der Waals surface area (Å²) in [4.78, 5) is 25.9. The van der Waals surface area contributed by atoms with Crippen LogP contribution in [0.3, 0.4) is 0 Å². The molecule has 1 heterocycles. The minimum absolute atomic E-state index is 0.0136. The Morgan fingerprint density at radius 2 is 1.67 bits per heavy atom. The molecule has 2 aromatic carbocycles. The lowest BCUT2D eigenvalue weighted by atomic mass is 10.1. The molecule has 0 saturated heterocycles. The van der Waals surface area contributed by atoms with Crippen LogP contribution in [-0.4, -0.2) is 11.8 Å². The maximum Gasteiger partial charge on any atom is 0.283 e. The van der Waals surface area contributed by atoms with Crippen LogP contribution in [0.5, 0.6) is 0 Å². The Bertz CT molecular complexity index is 875. The van der Waals surface area contributed by atoms with Gasteiger partial charge >= 0.3 is 0 Å². The monoisotopic (exact) mass is 344 g/mol. The second kappa shape index (κ2) is 6.09. The van der Waals surface area contributed by atoms with E-state index in [1.165, 1.54) is 24.3 Å². The second-order valence-electron chi connectivity index (χ2n) is 5.48. The van der Waals surface area contributed by atoms with Crippen LogP contribution in [0.25, 0.3) is 0 Å². The van der Waals surface area contributed by atoms with Gasteiger partial charge in [0.25, 0.3) is 11.8 Å². The number of amides is 2. The number of rotatable bonds is 3. The predicted octanol–water partition coefficient (Wildman–Crippen LogP) is 3.88. The van der Waals surface area contributed by atoms with Crippen LogP contribution < -0.4 is 10.2 Å². The highest BCUT2D eigenvalue weighted by atomic mass is 35.5. The van der Waals surface area contributed by atoms with Gasteiger partial charge in [0.05, 0.1) is 5.69 Å². The molecule has 1 N–H and O–H groups in total. The predicted molar refractivity (Wildman–Crippen MR) is 91.3 cm³/mol. The normalized spacial score (nSPS) is 14.6. The molecule has 1 aliphatic rings. The number of halogens is 2. The van der Waals surface area contributed by atoms with Crippen molar-refractivity contribution in [1.29, 1.82) is 0 Å². The van der Waals surface area contributed by atoms with Gasteiger partial charge in [0.1, 0.15) is 16.5 Å². The summed E-state index contributed by atoms with van der Waals surface area (Å²) in [6.07, 6.45) is 0. The molecular weight excluding hydrogens is 331 g/mol. The van der Waals surface area contributed by atoms with E-state index >= 15 is 0 Å². The zero-order valence-electron chi connectivity index (χ0n) is 13.1. The Morgan fingerprint density at radius 3 is 2.33 bits per heavy atom. The Kier molecular flexibility index (Phi) is 4.11. The van der Waals surface area contributed by atoms with E-state index in [0.29, 0.717) is 5.69 Å². The molecule has 0 aliphatic carbocycles. The first-order chi connectivity index (χ1) is 11.4. The summed E-state index contributed by atoms with van der Waals surface area (Å²) in [5.74, 6) is -1.66. The summed E-state index contributed by atoms with van der Waals surface area (Å²) < 4.78 is 13.1. The number of carbonyl (C=O) groups is 2. The number of nitrogens with one attached hydrogen (secondary N) is 1. The molecule has 0 bridgehead atoms. The average molecular weight is 345 g/mol. The van der Waals surface area contributed by atoms with E-state index in [1.807, 2.05) is 26.0 Å². The number of nitrogens with zero attached hydrogens (tertiary/aromatic N) is 1. The van der Waals surface area contributed by atoms with E-state index in [9.17, 15) is 14.0 Å². The molecule has 0 radical (unpaired) electrons. The Morgan fingerprint density at radius 1 is 1.00 bits per heavy atom. The minimum Gasteiger partial charge on any atom is -0.349 e. The first kappa shape index (κ1) is 16.2. The van der Waals surface area contributed by atoms with Crippen molar-refractivity contribution in [1.82, 2.24) is 0 Å². The fourth-order valence-electron chi connectivity index (χ4n) is 2.46. The molecule has 0 atom stereocenters. The maximum absolute atomic E-state index is 13.1. The molecule has 3 rings (SSSR count). The van der Waals surface area contributed by atoms with Crippen molar-refractivity contribution in [2.75, 3.05) is 10.2 Å². The van der Waals surface area contributed by atoms with Crippen molar-refractivity contribution >= 4 is 34.8 Å². The highest BCUT2D eigenvalue weighted by molar-refractivity contribution is 6.53. The van der Waals surface area contributed by atoms with Gasteiger partial charge in [0, 0.05) is 5.69 Å². The van der Waals surface area contributed by atoms with Gasteiger partial charge in [0.15, 0.2) is 0 Å². The molecule has 4 nitrogen and oxygen atoms in total. The zero-order chi connectivity index (χ0) is 17.4. The van der Waals surface area contributed by atoms with Crippen LogP contribution in [0, 0.1) is 19.7 Å². The number of imide groups is 1. The van der Waals surface area contributed by atoms with E-state index in [0.717, 1.165) is 16.0 Å². The van der Waals surface area contributed by atoms with Crippen molar-refractivity contribution in [2.45, 2.75) is 13.8 Å². The molecule has 122 valence electrons. The van der Waals surface area contributed by atoms with E-state index in [-0.39, 0.29) is 16.4 Å². The molecule has 0 unspecified atom stereocenters. The molecule has 0 spiro atoms. The summed E-state index contributed by atoms with van der Waals surface area (Å²) in [7, 11) is 0. The molecule has 2 aromatic rings. The van der Waals surface area contributed by atoms with Crippen molar-refractivity contribution in [3.63, 3.8) is 0 Å². The summed E-state index contributed by atoms with van der Waals surface area (Å²) >= 11 is 6.07. The van der Waals surface area contributed by atoms with Gasteiger partial charge in [-0.15, -0.1) is 0 Å². The summed E-state index contributed by atoms with van der Waals surface area (Å²) in [6.45, 7) is 3.86. The van der Waals surface area contributed by atoms with Crippen molar-refractivity contribution in [3.8, 4) is 0 Å². The third-order valence-electron chi connectivity index (χ3n) is 3.98. The van der Waals surface area contributed by atoms with Crippen LogP contribution in [0.4, 0.5) is 15.8 Å². The van der Waals surface area contributed by atoms with Crippen LogP contribution in [0.15, 0.2) is 53.2 Å². The van der Waals surface area contributed by atoms with E-state index in [4.69, 9.17) is 11.6 Å². The first-order valence-corrected chi connectivity index (χ1v) is 7.65. The maximum atomic E-state index is 13.1. The van der Waals surface area contributed by atoms with Crippen LogP contribution in [0.1, 0.15) is 11.1 Å². The van der Waals surface area contributed by atoms with Gasteiger partial charge in [-0.25, -0.2) is 9.29 Å². The molecule has 0 aromatic heterocycles. The summed E-state index contributed by atoms with van der Waals surface area (Å²) in [6, 6.07) is 10.7. The lowest BCUT2D eigenvalue weighted by Gasteiger charge is -2.16. The van der Waals surface area contributed by atoms with Crippen LogP contribution in [0.2, 0.25) is 0 Å². The molecule has 2 amide bonds. The molecular formula is C18H14ClFN2O2. The van der Waals surface area contributed by atoms with Crippen LogP contribution in [-0.2, 0) is 9.59 Å². The van der Waals surface area contributed by atoms with Gasteiger partial charge < -0.3 is 5.32 Å². The van der Waals surface area contributed by atoms with Crippen molar-refractivity contribution in [2.24, 2.45) is 0 Å². The van der Waals surface area contributed by atoms with Crippen molar-refractivity contribution in [3.05, 3.63) is 70.1 Å². The third kappa shape index (κ3) is 2.67. The molecule has 1 aliphatic heterocycles. The Balaban J connectivity index is 1.95. The van der Waals surface area contributed by atoms with E-state index < -0.39 is 17.6 Å². The summed E-state index contributed by atoms with van der Waals surface area (Å²) in [5.41, 5.74) is 2.98. The number of anilines is 2. The minimum atomic E-state index is -0.638. The first-order valence-electron chi connectivity index (χ1n) is 7.27. The number of hydrogen-bond donors (Lipinski definition) is 1. The molecule has 0 saturated carbocycles. The number of benzene rings is 2. The SMILES string of the molecule is Cc1cccc(NC2=C(Cl)C(=O)N(c3ccc(F)cc3)C2=O)c1C. The van der Waals surface area contributed by atoms with Gasteiger partial charge in [-0.3, -0.25) is 9.59 Å². The summed E-state index contributed by atoms with van der Waals surface area (Å²) in [5, 5.41) is 2.76. The quantitative estimate of drug-likeness (QED) is 0.860. The Labute approximate surface area is 143 Å². The number of aryl methyl sites for hydroxylation is 1. The fourth-order valence-corrected chi connectivity index (χ4v) is 2.67. The average Bonchev–Trinajstić information content (AvgIpc) is 2.76. The molecule has 24 heavy (non-hydrogen) atoms. The van der Waals surface area contributed by atoms with Gasteiger partial charge in [-0.1, -0.05) is 23.7 Å². The van der Waals surface area contributed by atoms with E-state index in [1.54, 1.807) is 6.07 Å². The Hall–Kier alpha value is -2.66. The lowest BCUT2D eigenvalue weighted by Crippen LogP contribution is -2.32. The molecule has 6 heteroatoms. The standard InChI is InChI=1S/C18H14ClFN2O2/c1-10-4-3-5-14(11(10)2)21-16-15(19)17(23)22(18(16)24)13-8-6-12(20)7-9-13/h3-9,21H,1-2H3.